The van der Waals surface area contributed by atoms with Gasteiger partial charge in [-0.3, -0.25) is 9.59 Å². The summed E-state index contributed by atoms with van der Waals surface area (Å²) in [5, 5.41) is 2.78. The molecule has 0 aliphatic rings. The molecule has 1 rings (SSSR count). The van der Waals surface area contributed by atoms with E-state index < -0.39 is 0 Å². The zero-order valence-corrected chi connectivity index (χ0v) is 11.1. The van der Waals surface area contributed by atoms with E-state index in [2.05, 4.69) is 5.32 Å². The van der Waals surface area contributed by atoms with Gasteiger partial charge in [0, 0.05) is 18.8 Å². The highest BCUT2D eigenvalue weighted by atomic mass is 16.2. The first kappa shape index (κ1) is 14.2. The summed E-state index contributed by atoms with van der Waals surface area (Å²) in [6.07, 6.45) is 0.740. The van der Waals surface area contributed by atoms with E-state index in [1.54, 1.807) is 7.05 Å². The number of nitrogens with one attached hydrogen (secondary N) is 1. The van der Waals surface area contributed by atoms with Crippen molar-refractivity contribution in [2.75, 3.05) is 11.9 Å². The van der Waals surface area contributed by atoms with Crippen molar-refractivity contribution in [3.63, 3.8) is 0 Å². The molecule has 1 aromatic carbocycles. The van der Waals surface area contributed by atoms with E-state index in [-0.39, 0.29) is 24.3 Å². The SMILES string of the molecule is CCC(C)NC(=O)CC(=O)N(C)c1ccccc1. The molecule has 2 amide bonds. The van der Waals surface area contributed by atoms with Gasteiger partial charge in [-0.05, 0) is 25.5 Å². The maximum absolute atomic E-state index is 11.9. The van der Waals surface area contributed by atoms with Crippen LogP contribution in [0.25, 0.3) is 0 Å². The molecule has 4 nitrogen and oxygen atoms in total. The van der Waals surface area contributed by atoms with Crippen LogP contribution in [0.2, 0.25) is 0 Å². The lowest BCUT2D eigenvalue weighted by atomic mass is 10.2. The summed E-state index contributed by atoms with van der Waals surface area (Å²) in [4.78, 5) is 25.0. The van der Waals surface area contributed by atoms with Gasteiger partial charge in [0.15, 0.2) is 0 Å². The van der Waals surface area contributed by atoms with Crippen LogP contribution < -0.4 is 10.2 Å². The summed E-state index contributed by atoms with van der Waals surface area (Å²) >= 11 is 0. The monoisotopic (exact) mass is 248 g/mol. The molecule has 0 bridgehead atoms. The first-order valence-electron chi connectivity index (χ1n) is 6.15. The molecule has 0 spiro atoms. The molecule has 98 valence electrons. The molecular formula is C14H20N2O2. The van der Waals surface area contributed by atoms with E-state index in [4.69, 9.17) is 0 Å². The van der Waals surface area contributed by atoms with Gasteiger partial charge in [0.05, 0.1) is 0 Å². The molecule has 0 aliphatic heterocycles. The number of carbonyl (C=O) groups is 2. The quantitative estimate of drug-likeness (QED) is 0.810. The summed E-state index contributed by atoms with van der Waals surface area (Å²) in [6, 6.07) is 9.38. The van der Waals surface area contributed by atoms with Gasteiger partial charge < -0.3 is 10.2 Å². The lowest BCUT2D eigenvalue weighted by molar-refractivity contribution is -0.128. The van der Waals surface area contributed by atoms with E-state index in [0.717, 1.165) is 12.1 Å². The van der Waals surface area contributed by atoms with Gasteiger partial charge in [0.25, 0.3) is 0 Å². The van der Waals surface area contributed by atoms with E-state index in [0.29, 0.717) is 0 Å². The number of carbonyl (C=O) groups excluding carboxylic acids is 2. The third-order valence-corrected chi connectivity index (χ3v) is 2.85. The van der Waals surface area contributed by atoms with Crippen molar-refractivity contribution < 1.29 is 9.59 Å². The predicted octanol–water partition coefficient (Wildman–Crippen LogP) is 1.95. The maximum Gasteiger partial charge on any atom is 0.236 e. The highest BCUT2D eigenvalue weighted by Crippen LogP contribution is 2.11. The fraction of sp³-hybridized carbons (Fsp3) is 0.429. The van der Waals surface area contributed by atoms with Crippen molar-refractivity contribution in [2.45, 2.75) is 32.7 Å². The number of hydrogen-bond acceptors (Lipinski definition) is 2. The van der Waals surface area contributed by atoms with E-state index in [9.17, 15) is 9.59 Å². The van der Waals surface area contributed by atoms with Crippen LogP contribution in [-0.4, -0.2) is 24.9 Å². The summed E-state index contributed by atoms with van der Waals surface area (Å²) in [5.41, 5.74) is 0.791. The number of rotatable bonds is 5. The first-order chi connectivity index (χ1) is 8.54. The summed E-state index contributed by atoms with van der Waals surface area (Å²) in [6.45, 7) is 3.91. The molecular weight excluding hydrogens is 228 g/mol. The Morgan fingerprint density at radius 2 is 1.89 bits per heavy atom. The lowest BCUT2D eigenvalue weighted by Gasteiger charge is -2.18. The Bertz CT molecular complexity index is 404. The first-order valence-corrected chi connectivity index (χ1v) is 6.15. The molecule has 0 fully saturated rings. The molecule has 1 aromatic rings. The largest absolute Gasteiger partial charge is 0.353 e. The van der Waals surface area contributed by atoms with Gasteiger partial charge in [-0.2, -0.15) is 0 Å². The Kier molecular flexibility index (Phi) is 5.36. The number of para-hydroxylation sites is 1. The third-order valence-electron chi connectivity index (χ3n) is 2.85. The molecule has 1 atom stereocenters. The molecule has 0 aromatic heterocycles. The van der Waals surface area contributed by atoms with Gasteiger partial charge in [0.2, 0.25) is 11.8 Å². The average molecular weight is 248 g/mol. The molecule has 18 heavy (non-hydrogen) atoms. The van der Waals surface area contributed by atoms with Gasteiger partial charge in [0.1, 0.15) is 6.42 Å². The minimum absolute atomic E-state index is 0.104. The molecule has 1 N–H and O–H groups in total. The van der Waals surface area contributed by atoms with Gasteiger partial charge in [-0.15, -0.1) is 0 Å². The fourth-order valence-corrected chi connectivity index (χ4v) is 1.48. The summed E-state index contributed by atoms with van der Waals surface area (Å²) in [7, 11) is 1.67. The highest BCUT2D eigenvalue weighted by molar-refractivity contribution is 6.04. The number of benzene rings is 1. The smallest absolute Gasteiger partial charge is 0.236 e. The van der Waals surface area contributed by atoms with Crippen molar-refractivity contribution in [2.24, 2.45) is 0 Å². The zero-order valence-electron chi connectivity index (χ0n) is 11.1. The summed E-state index contributed by atoms with van der Waals surface area (Å²) < 4.78 is 0. The van der Waals surface area contributed by atoms with E-state index in [1.807, 2.05) is 44.2 Å². The minimum Gasteiger partial charge on any atom is -0.353 e. The van der Waals surface area contributed by atoms with Gasteiger partial charge in [-0.1, -0.05) is 25.1 Å². The second kappa shape index (κ2) is 6.79. The molecule has 0 aliphatic carbocycles. The Morgan fingerprint density at radius 3 is 2.44 bits per heavy atom. The second-order valence-corrected chi connectivity index (χ2v) is 4.34. The highest BCUT2D eigenvalue weighted by Gasteiger charge is 2.15. The predicted molar refractivity (Wildman–Crippen MR) is 72.4 cm³/mol. The van der Waals surface area contributed by atoms with Crippen LogP contribution in [0.4, 0.5) is 5.69 Å². The zero-order chi connectivity index (χ0) is 13.5. The van der Waals surface area contributed by atoms with Crippen LogP contribution in [0.1, 0.15) is 26.7 Å². The number of anilines is 1. The van der Waals surface area contributed by atoms with Crippen molar-refractivity contribution in [3.05, 3.63) is 30.3 Å². The van der Waals surface area contributed by atoms with Gasteiger partial charge >= 0.3 is 0 Å². The molecule has 1 unspecified atom stereocenters. The molecule has 0 saturated carbocycles. The Labute approximate surface area is 108 Å². The van der Waals surface area contributed by atoms with E-state index in [1.165, 1.54) is 4.90 Å². The van der Waals surface area contributed by atoms with E-state index >= 15 is 0 Å². The number of nitrogens with zero attached hydrogens (tertiary/aromatic N) is 1. The maximum atomic E-state index is 11.9. The van der Waals surface area contributed by atoms with Crippen LogP contribution in [0.5, 0.6) is 0 Å². The average Bonchev–Trinajstić information content (AvgIpc) is 2.38. The Morgan fingerprint density at radius 1 is 1.28 bits per heavy atom. The molecule has 0 saturated heterocycles. The fourth-order valence-electron chi connectivity index (χ4n) is 1.48. The third kappa shape index (κ3) is 4.20. The van der Waals surface area contributed by atoms with Crippen molar-refractivity contribution in [3.8, 4) is 0 Å². The van der Waals surface area contributed by atoms with Crippen molar-refractivity contribution >= 4 is 17.5 Å². The van der Waals surface area contributed by atoms with Crippen LogP contribution in [-0.2, 0) is 9.59 Å². The van der Waals surface area contributed by atoms with Crippen LogP contribution in [0.3, 0.4) is 0 Å². The topological polar surface area (TPSA) is 49.4 Å². The van der Waals surface area contributed by atoms with Crippen LogP contribution >= 0.6 is 0 Å². The van der Waals surface area contributed by atoms with Gasteiger partial charge in [-0.25, -0.2) is 0 Å². The molecule has 4 heteroatoms. The van der Waals surface area contributed by atoms with Crippen LogP contribution in [0, 0.1) is 0 Å². The standard InChI is InChI=1S/C14H20N2O2/c1-4-11(2)15-13(17)10-14(18)16(3)12-8-6-5-7-9-12/h5-9,11H,4,10H2,1-3H3,(H,15,17). The minimum atomic E-state index is -0.225. The van der Waals surface area contributed by atoms with Crippen molar-refractivity contribution in [1.29, 1.82) is 0 Å². The summed E-state index contributed by atoms with van der Waals surface area (Å²) in [5.74, 6) is -0.431. The lowest BCUT2D eigenvalue weighted by Crippen LogP contribution is -2.37. The molecule has 0 radical (unpaired) electrons. The van der Waals surface area contributed by atoms with Crippen LogP contribution in [0.15, 0.2) is 30.3 Å². The Hall–Kier alpha value is -1.84. The molecule has 0 heterocycles. The Balaban J connectivity index is 2.53. The number of amides is 2. The second-order valence-electron chi connectivity index (χ2n) is 4.34. The van der Waals surface area contributed by atoms with Crippen molar-refractivity contribution in [1.82, 2.24) is 5.32 Å². The number of hydrogen-bond donors (Lipinski definition) is 1. The normalized spacial score (nSPS) is 11.7.